The first kappa shape index (κ1) is 22.8. The molecule has 0 aliphatic heterocycles. The summed E-state index contributed by atoms with van der Waals surface area (Å²) >= 11 is 1.28. The molecule has 0 fully saturated rings. The maximum Gasteiger partial charge on any atom is 0.234 e. The third kappa shape index (κ3) is 5.17. The predicted molar refractivity (Wildman–Crippen MR) is 129 cm³/mol. The zero-order valence-electron chi connectivity index (χ0n) is 18.8. The molecule has 4 aromatic rings. The number of amides is 1. The molecule has 1 aromatic heterocycles. The number of hydrogen-bond donors (Lipinski definition) is 1. The third-order valence-electron chi connectivity index (χ3n) is 5.42. The van der Waals surface area contributed by atoms with E-state index in [1.165, 1.54) is 29.3 Å². The Morgan fingerprint density at radius 3 is 2.76 bits per heavy atom. The summed E-state index contributed by atoms with van der Waals surface area (Å²) in [7, 11) is 0. The summed E-state index contributed by atoms with van der Waals surface area (Å²) < 4.78 is 21.5. The van der Waals surface area contributed by atoms with Crippen molar-refractivity contribution in [3.05, 3.63) is 77.4 Å². The molecule has 0 radical (unpaired) electrons. The van der Waals surface area contributed by atoms with Crippen LogP contribution in [0.2, 0.25) is 0 Å². The molecule has 0 unspecified atom stereocenters. The zero-order valence-corrected chi connectivity index (χ0v) is 19.6. The van der Waals surface area contributed by atoms with Gasteiger partial charge in [-0.25, -0.2) is 4.39 Å². The van der Waals surface area contributed by atoms with E-state index in [1.807, 2.05) is 49.6 Å². The highest BCUT2D eigenvalue weighted by molar-refractivity contribution is 7.99. The lowest BCUT2D eigenvalue weighted by Crippen LogP contribution is -2.15. The van der Waals surface area contributed by atoms with E-state index in [2.05, 4.69) is 27.6 Å². The number of carbonyl (C=O) groups excluding carboxylic acids is 1. The lowest BCUT2D eigenvalue weighted by Gasteiger charge is -2.12. The quantitative estimate of drug-likeness (QED) is 0.348. The second-order valence-electron chi connectivity index (χ2n) is 7.64. The minimum absolute atomic E-state index is 0.138. The minimum Gasteiger partial charge on any atom is -0.485 e. The van der Waals surface area contributed by atoms with Crippen LogP contribution in [0.15, 0.2) is 59.8 Å². The van der Waals surface area contributed by atoms with Gasteiger partial charge in [-0.1, -0.05) is 48.2 Å². The molecule has 3 aromatic carbocycles. The summed E-state index contributed by atoms with van der Waals surface area (Å²) in [5.41, 5.74) is 2.35. The smallest absolute Gasteiger partial charge is 0.234 e. The van der Waals surface area contributed by atoms with Crippen LogP contribution in [-0.4, -0.2) is 26.4 Å². The molecule has 1 heterocycles. The Balaban J connectivity index is 1.40. The summed E-state index contributed by atoms with van der Waals surface area (Å²) in [6.07, 6.45) is 0. The predicted octanol–water partition coefficient (Wildman–Crippen LogP) is 5.52. The lowest BCUT2D eigenvalue weighted by molar-refractivity contribution is -0.113. The molecular weight excluding hydrogens is 439 g/mol. The molecule has 0 atom stereocenters. The fraction of sp³-hybridized carbons (Fsp3) is 0.240. The molecule has 0 bridgehead atoms. The number of nitrogens with zero attached hydrogens (tertiary/aromatic N) is 3. The molecule has 0 spiro atoms. The molecule has 6 nitrogen and oxygen atoms in total. The van der Waals surface area contributed by atoms with Crippen LogP contribution in [0.5, 0.6) is 5.75 Å². The number of anilines is 1. The van der Waals surface area contributed by atoms with Crippen molar-refractivity contribution in [2.75, 3.05) is 11.1 Å². The summed E-state index contributed by atoms with van der Waals surface area (Å²) in [6, 6.07) is 16.5. The van der Waals surface area contributed by atoms with E-state index in [0.29, 0.717) is 23.2 Å². The molecule has 33 heavy (non-hydrogen) atoms. The van der Waals surface area contributed by atoms with Crippen LogP contribution in [0.3, 0.4) is 0 Å². The lowest BCUT2D eigenvalue weighted by atomic mass is 10.0. The second kappa shape index (κ2) is 10.0. The first-order valence-corrected chi connectivity index (χ1v) is 11.7. The maximum absolute atomic E-state index is 13.5. The van der Waals surface area contributed by atoms with E-state index in [4.69, 9.17) is 4.74 Å². The van der Waals surface area contributed by atoms with Gasteiger partial charge in [0.15, 0.2) is 11.0 Å². The van der Waals surface area contributed by atoms with Gasteiger partial charge >= 0.3 is 0 Å². The van der Waals surface area contributed by atoms with Crippen LogP contribution < -0.4 is 10.1 Å². The first-order chi connectivity index (χ1) is 16.0. The highest BCUT2D eigenvalue weighted by Gasteiger charge is 2.15. The van der Waals surface area contributed by atoms with Gasteiger partial charge in [0, 0.05) is 12.2 Å². The second-order valence-corrected chi connectivity index (χ2v) is 8.58. The van der Waals surface area contributed by atoms with Crippen molar-refractivity contribution >= 4 is 34.1 Å². The first-order valence-electron chi connectivity index (χ1n) is 10.7. The summed E-state index contributed by atoms with van der Waals surface area (Å²) in [5.74, 6) is 1.01. The number of aromatic nitrogens is 3. The fourth-order valence-corrected chi connectivity index (χ4v) is 4.42. The molecular formula is C25H25FN4O2S. The van der Waals surface area contributed by atoms with Gasteiger partial charge in [-0.05, 0) is 60.9 Å². The van der Waals surface area contributed by atoms with Gasteiger partial charge in [-0.15, -0.1) is 10.2 Å². The number of aryl methyl sites for hydroxylation is 2. The fourth-order valence-electron chi connectivity index (χ4n) is 3.60. The highest BCUT2D eigenvalue weighted by Crippen LogP contribution is 2.28. The summed E-state index contributed by atoms with van der Waals surface area (Å²) in [4.78, 5) is 12.4. The van der Waals surface area contributed by atoms with Gasteiger partial charge in [0.1, 0.15) is 18.2 Å². The van der Waals surface area contributed by atoms with E-state index in [-0.39, 0.29) is 24.1 Å². The van der Waals surface area contributed by atoms with Crippen molar-refractivity contribution in [2.24, 2.45) is 0 Å². The van der Waals surface area contributed by atoms with Crippen molar-refractivity contribution < 1.29 is 13.9 Å². The largest absolute Gasteiger partial charge is 0.485 e. The van der Waals surface area contributed by atoms with Gasteiger partial charge in [-0.2, -0.15) is 0 Å². The van der Waals surface area contributed by atoms with Gasteiger partial charge in [0.2, 0.25) is 5.91 Å². The van der Waals surface area contributed by atoms with Crippen molar-refractivity contribution in [3.8, 4) is 5.75 Å². The number of fused-ring (bicyclic) bond motifs is 1. The van der Waals surface area contributed by atoms with E-state index >= 15 is 0 Å². The van der Waals surface area contributed by atoms with Crippen molar-refractivity contribution in [3.63, 3.8) is 0 Å². The number of hydrogen-bond acceptors (Lipinski definition) is 5. The Hall–Kier alpha value is -3.39. The van der Waals surface area contributed by atoms with E-state index in [0.717, 1.165) is 22.3 Å². The Labute approximate surface area is 196 Å². The SMILES string of the molecule is CCn1c(COc2ccc3ccccc3c2C)nnc1SCC(=O)Nc1cc(F)ccc1C. The number of thioether (sulfide) groups is 1. The van der Waals surface area contributed by atoms with Gasteiger partial charge in [0.25, 0.3) is 0 Å². The number of carbonyl (C=O) groups is 1. The Kier molecular flexibility index (Phi) is 6.93. The number of benzene rings is 3. The number of ether oxygens (including phenoxy) is 1. The Morgan fingerprint density at radius 2 is 1.94 bits per heavy atom. The monoisotopic (exact) mass is 464 g/mol. The van der Waals surface area contributed by atoms with E-state index in [1.54, 1.807) is 6.07 Å². The average molecular weight is 465 g/mol. The van der Waals surface area contributed by atoms with Crippen LogP contribution >= 0.6 is 11.8 Å². The minimum atomic E-state index is -0.388. The van der Waals surface area contributed by atoms with E-state index < -0.39 is 0 Å². The zero-order chi connectivity index (χ0) is 23.4. The number of halogens is 1. The molecule has 170 valence electrons. The van der Waals surface area contributed by atoms with Crippen molar-refractivity contribution in [1.29, 1.82) is 0 Å². The van der Waals surface area contributed by atoms with Gasteiger partial charge in [0.05, 0.1) is 5.75 Å². The Bertz CT molecular complexity index is 1310. The van der Waals surface area contributed by atoms with Crippen LogP contribution in [-0.2, 0) is 17.9 Å². The molecule has 1 N–H and O–H groups in total. The topological polar surface area (TPSA) is 69.0 Å². The molecule has 0 aliphatic rings. The van der Waals surface area contributed by atoms with Crippen molar-refractivity contribution in [2.45, 2.75) is 39.1 Å². The standard InChI is InChI=1S/C25H25FN4O2S/c1-4-30-23(14-32-22-12-10-18-7-5-6-8-20(18)17(22)3)28-29-25(30)33-15-24(31)27-21-13-19(26)11-9-16(21)2/h5-13H,4,14-15H2,1-3H3,(H,27,31). The molecule has 1 amide bonds. The summed E-state index contributed by atoms with van der Waals surface area (Å²) in [5, 5.41) is 14.2. The third-order valence-corrected chi connectivity index (χ3v) is 6.39. The van der Waals surface area contributed by atoms with Crippen LogP contribution in [0.1, 0.15) is 23.9 Å². The van der Waals surface area contributed by atoms with Crippen molar-refractivity contribution in [1.82, 2.24) is 14.8 Å². The highest BCUT2D eigenvalue weighted by atomic mass is 32.2. The number of nitrogens with one attached hydrogen (secondary N) is 1. The van der Waals surface area contributed by atoms with Gasteiger partial charge < -0.3 is 14.6 Å². The van der Waals surface area contributed by atoms with E-state index in [9.17, 15) is 9.18 Å². The maximum atomic E-state index is 13.5. The normalized spacial score (nSPS) is 11.0. The van der Waals surface area contributed by atoms with Crippen LogP contribution in [0.25, 0.3) is 10.8 Å². The molecule has 0 aliphatic carbocycles. The van der Waals surface area contributed by atoms with Crippen LogP contribution in [0, 0.1) is 19.7 Å². The molecule has 0 saturated heterocycles. The average Bonchev–Trinajstić information content (AvgIpc) is 3.21. The summed E-state index contributed by atoms with van der Waals surface area (Å²) in [6.45, 7) is 6.78. The molecule has 0 saturated carbocycles. The number of rotatable bonds is 8. The molecule has 4 rings (SSSR count). The van der Waals surface area contributed by atoms with Crippen LogP contribution in [0.4, 0.5) is 10.1 Å². The Morgan fingerprint density at radius 1 is 1.12 bits per heavy atom. The van der Waals surface area contributed by atoms with Gasteiger partial charge in [-0.3, -0.25) is 4.79 Å². The molecule has 8 heteroatoms.